The van der Waals surface area contributed by atoms with E-state index in [4.69, 9.17) is 4.74 Å². The summed E-state index contributed by atoms with van der Waals surface area (Å²) in [5.41, 5.74) is 0.241. The van der Waals surface area contributed by atoms with E-state index in [2.05, 4.69) is 0 Å². The molecule has 0 aromatic carbocycles. The molecule has 2 nitrogen and oxygen atoms in total. The monoisotopic (exact) mass is 210 g/mol. The highest BCUT2D eigenvalue weighted by Gasteiger charge is 2.53. The Hall–Kier alpha value is -0.0800. The standard InChI is InChI=1S/C13H22O2/c1-15-8-12(14)13-5-9-2-10(6-13)4-11(3-9)7-13/h9-12,14H,2-8H2,1H3. The van der Waals surface area contributed by atoms with Crippen LogP contribution in [0.4, 0.5) is 0 Å². The molecule has 1 N–H and O–H groups in total. The maximum atomic E-state index is 10.3. The second kappa shape index (κ2) is 3.46. The summed E-state index contributed by atoms with van der Waals surface area (Å²) in [6, 6.07) is 0. The Bertz CT molecular complexity index is 214. The van der Waals surface area contributed by atoms with E-state index < -0.39 is 0 Å². The molecule has 0 aliphatic heterocycles. The number of aliphatic hydroxyl groups excluding tert-OH is 1. The lowest BCUT2D eigenvalue weighted by Crippen LogP contribution is -2.52. The van der Waals surface area contributed by atoms with E-state index in [0.29, 0.717) is 6.61 Å². The van der Waals surface area contributed by atoms with Crippen LogP contribution < -0.4 is 0 Å². The Kier molecular flexibility index (Phi) is 2.33. The number of hydrogen-bond donors (Lipinski definition) is 1. The number of methoxy groups -OCH3 is 1. The van der Waals surface area contributed by atoms with Gasteiger partial charge >= 0.3 is 0 Å². The molecular weight excluding hydrogens is 188 g/mol. The molecular formula is C13H22O2. The maximum Gasteiger partial charge on any atom is 0.0829 e. The van der Waals surface area contributed by atoms with Crippen LogP contribution in [0.5, 0.6) is 0 Å². The molecule has 1 atom stereocenters. The van der Waals surface area contributed by atoms with Gasteiger partial charge in [0.05, 0.1) is 12.7 Å². The van der Waals surface area contributed by atoms with E-state index in [0.717, 1.165) is 17.8 Å². The number of rotatable bonds is 3. The Morgan fingerprint density at radius 3 is 2.00 bits per heavy atom. The molecule has 0 saturated heterocycles. The van der Waals surface area contributed by atoms with E-state index in [9.17, 15) is 5.11 Å². The molecule has 2 heteroatoms. The van der Waals surface area contributed by atoms with Crippen LogP contribution in [0.15, 0.2) is 0 Å². The zero-order valence-electron chi connectivity index (χ0n) is 9.61. The zero-order chi connectivity index (χ0) is 10.5. The lowest BCUT2D eigenvalue weighted by Gasteiger charge is -2.58. The van der Waals surface area contributed by atoms with Crippen molar-refractivity contribution < 1.29 is 9.84 Å². The van der Waals surface area contributed by atoms with Crippen LogP contribution in [0.2, 0.25) is 0 Å². The minimum absolute atomic E-state index is 0.212. The Labute approximate surface area is 92.0 Å². The molecule has 0 radical (unpaired) electrons. The summed E-state index contributed by atoms with van der Waals surface area (Å²) in [5.74, 6) is 2.76. The van der Waals surface area contributed by atoms with E-state index in [-0.39, 0.29) is 11.5 Å². The van der Waals surface area contributed by atoms with Crippen molar-refractivity contribution in [2.24, 2.45) is 23.2 Å². The first-order chi connectivity index (χ1) is 7.22. The second-order valence-corrected chi connectivity index (χ2v) is 6.25. The fourth-order valence-corrected chi connectivity index (χ4v) is 4.92. The summed E-state index contributed by atoms with van der Waals surface area (Å²) in [6.07, 6.45) is 7.92. The van der Waals surface area contributed by atoms with Crippen LogP contribution in [0.25, 0.3) is 0 Å². The molecule has 4 rings (SSSR count). The molecule has 0 aromatic rings. The van der Waals surface area contributed by atoms with Crippen molar-refractivity contribution in [1.82, 2.24) is 0 Å². The first-order valence-electron chi connectivity index (χ1n) is 6.39. The number of ether oxygens (including phenoxy) is 1. The van der Waals surface area contributed by atoms with Gasteiger partial charge in [0, 0.05) is 7.11 Å². The van der Waals surface area contributed by atoms with Crippen LogP contribution >= 0.6 is 0 Å². The highest BCUT2D eigenvalue weighted by Crippen LogP contribution is 2.61. The molecule has 0 spiro atoms. The van der Waals surface area contributed by atoms with Crippen LogP contribution in [-0.4, -0.2) is 24.9 Å². The molecule has 15 heavy (non-hydrogen) atoms. The Balaban J connectivity index is 1.80. The van der Waals surface area contributed by atoms with Gasteiger partial charge < -0.3 is 9.84 Å². The summed E-state index contributed by atoms with van der Waals surface area (Å²) in [7, 11) is 1.70. The molecule has 0 aromatic heterocycles. The zero-order valence-corrected chi connectivity index (χ0v) is 9.61. The van der Waals surface area contributed by atoms with Gasteiger partial charge in [-0.2, -0.15) is 0 Å². The van der Waals surface area contributed by atoms with E-state index in [1.54, 1.807) is 7.11 Å². The number of aliphatic hydroxyl groups is 1. The van der Waals surface area contributed by atoms with Crippen molar-refractivity contribution in [3.8, 4) is 0 Å². The predicted octanol–water partition coefficient (Wildman–Crippen LogP) is 2.21. The summed E-state index contributed by atoms with van der Waals surface area (Å²) in [5, 5.41) is 10.3. The van der Waals surface area contributed by atoms with Gasteiger partial charge in [-0.25, -0.2) is 0 Å². The topological polar surface area (TPSA) is 29.5 Å². The summed E-state index contributed by atoms with van der Waals surface area (Å²) < 4.78 is 5.14. The normalized spacial score (nSPS) is 49.6. The molecule has 4 aliphatic carbocycles. The summed E-state index contributed by atoms with van der Waals surface area (Å²) in [6.45, 7) is 0.534. The van der Waals surface area contributed by atoms with Gasteiger partial charge in [0.15, 0.2) is 0 Å². The van der Waals surface area contributed by atoms with Crippen molar-refractivity contribution in [2.45, 2.75) is 44.6 Å². The minimum atomic E-state index is -0.212. The maximum absolute atomic E-state index is 10.3. The molecule has 86 valence electrons. The van der Waals surface area contributed by atoms with Crippen molar-refractivity contribution in [3.05, 3.63) is 0 Å². The molecule has 4 aliphatic rings. The van der Waals surface area contributed by atoms with Gasteiger partial charge in [0.1, 0.15) is 0 Å². The third-order valence-electron chi connectivity index (χ3n) is 5.12. The lowest BCUT2D eigenvalue weighted by molar-refractivity contribution is -0.136. The smallest absolute Gasteiger partial charge is 0.0829 e. The van der Waals surface area contributed by atoms with Crippen molar-refractivity contribution >= 4 is 0 Å². The van der Waals surface area contributed by atoms with Gasteiger partial charge in [-0.3, -0.25) is 0 Å². The molecule has 1 unspecified atom stereocenters. The van der Waals surface area contributed by atoms with Crippen molar-refractivity contribution in [3.63, 3.8) is 0 Å². The molecule has 4 saturated carbocycles. The van der Waals surface area contributed by atoms with Gasteiger partial charge in [-0.15, -0.1) is 0 Å². The second-order valence-electron chi connectivity index (χ2n) is 6.25. The average molecular weight is 210 g/mol. The first kappa shape index (κ1) is 10.1. The summed E-state index contributed by atoms with van der Waals surface area (Å²) in [4.78, 5) is 0. The third-order valence-corrected chi connectivity index (χ3v) is 5.12. The molecule has 4 fully saturated rings. The molecule has 4 bridgehead atoms. The summed E-state index contributed by atoms with van der Waals surface area (Å²) >= 11 is 0. The van der Waals surface area contributed by atoms with Crippen molar-refractivity contribution in [2.75, 3.05) is 13.7 Å². The Morgan fingerprint density at radius 1 is 1.13 bits per heavy atom. The fourth-order valence-electron chi connectivity index (χ4n) is 4.92. The predicted molar refractivity (Wildman–Crippen MR) is 58.5 cm³/mol. The van der Waals surface area contributed by atoms with Gasteiger partial charge in [0.2, 0.25) is 0 Å². The van der Waals surface area contributed by atoms with E-state index >= 15 is 0 Å². The van der Waals surface area contributed by atoms with E-state index in [1.807, 2.05) is 0 Å². The fraction of sp³-hybridized carbons (Fsp3) is 1.00. The average Bonchev–Trinajstić information content (AvgIpc) is 2.15. The van der Waals surface area contributed by atoms with Gasteiger partial charge in [0.25, 0.3) is 0 Å². The van der Waals surface area contributed by atoms with Crippen LogP contribution in [0.1, 0.15) is 38.5 Å². The van der Waals surface area contributed by atoms with E-state index in [1.165, 1.54) is 38.5 Å². The molecule has 0 amide bonds. The molecule has 0 heterocycles. The first-order valence-corrected chi connectivity index (χ1v) is 6.39. The SMILES string of the molecule is COCC(O)C12CC3CC(CC(C3)C1)C2. The Morgan fingerprint density at radius 2 is 1.60 bits per heavy atom. The highest BCUT2D eigenvalue weighted by atomic mass is 16.5. The highest BCUT2D eigenvalue weighted by molar-refractivity contribution is 5.04. The van der Waals surface area contributed by atoms with Crippen LogP contribution in [0, 0.1) is 23.2 Å². The minimum Gasteiger partial charge on any atom is -0.390 e. The van der Waals surface area contributed by atoms with Gasteiger partial charge in [-0.1, -0.05) is 0 Å². The quantitative estimate of drug-likeness (QED) is 0.774. The van der Waals surface area contributed by atoms with Crippen molar-refractivity contribution in [1.29, 1.82) is 0 Å². The number of hydrogen-bond acceptors (Lipinski definition) is 2. The van der Waals surface area contributed by atoms with Crippen LogP contribution in [0.3, 0.4) is 0 Å². The third kappa shape index (κ3) is 1.53. The largest absolute Gasteiger partial charge is 0.390 e. The van der Waals surface area contributed by atoms with Crippen LogP contribution in [-0.2, 0) is 4.74 Å². The lowest BCUT2D eigenvalue weighted by atomic mass is 9.48. The van der Waals surface area contributed by atoms with Gasteiger partial charge in [-0.05, 0) is 61.7 Å².